The van der Waals surface area contributed by atoms with Crippen molar-refractivity contribution in [3.63, 3.8) is 0 Å². The molecule has 0 saturated heterocycles. The van der Waals surface area contributed by atoms with E-state index in [0.29, 0.717) is 30.9 Å². The van der Waals surface area contributed by atoms with Gasteiger partial charge in [0.25, 0.3) is 5.69 Å². The van der Waals surface area contributed by atoms with Gasteiger partial charge in [-0.2, -0.15) is 0 Å². The first kappa shape index (κ1) is 32.2. The summed E-state index contributed by atoms with van der Waals surface area (Å²) in [5.74, 6) is 0.866. The molecular weight excluding hydrogens is 671 g/mol. The summed E-state index contributed by atoms with van der Waals surface area (Å²) >= 11 is 2.23. The lowest BCUT2D eigenvalue weighted by molar-refractivity contribution is -0.384. The molecule has 2 aromatic carbocycles. The van der Waals surface area contributed by atoms with E-state index in [4.69, 9.17) is 9.47 Å². The number of ketones is 2. The molecule has 1 aliphatic heterocycles. The number of hydrogen-bond acceptors (Lipinski definition) is 7. The van der Waals surface area contributed by atoms with E-state index in [0.717, 1.165) is 63.0 Å². The molecule has 0 N–H and O–H groups in total. The van der Waals surface area contributed by atoms with Crippen LogP contribution in [0.4, 0.5) is 5.69 Å². The first-order valence-corrected chi connectivity index (χ1v) is 16.5. The molecule has 0 radical (unpaired) electrons. The van der Waals surface area contributed by atoms with Gasteiger partial charge in [0.15, 0.2) is 23.1 Å². The van der Waals surface area contributed by atoms with Gasteiger partial charge in [0.05, 0.1) is 15.1 Å². The second-order valence-corrected chi connectivity index (χ2v) is 14.8. The molecule has 0 aromatic heterocycles. The third-order valence-corrected chi connectivity index (χ3v) is 9.47. The van der Waals surface area contributed by atoms with E-state index in [1.807, 2.05) is 19.1 Å². The maximum atomic E-state index is 14.1. The fraction of sp³-hybridized carbons (Fsp3) is 0.486. The molecule has 3 aliphatic rings. The van der Waals surface area contributed by atoms with Crippen LogP contribution in [0.5, 0.6) is 11.5 Å². The molecule has 0 spiro atoms. The highest BCUT2D eigenvalue weighted by Gasteiger charge is 2.49. The van der Waals surface area contributed by atoms with Crippen LogP contribution in [0, 0.1) is 24.5 Å². The number of benzene rings is 2. The van der Waals surface area contributed by atoms with Crippen LogP contribution in [-0.2, 0) is 16.2 Å². The van der Waals surface area contributed by atoms with E-state index in [-0.39, 0.29) is 34.7 Å². The van der Waals surface area contributed by atoms with Gasteiger partial charge in [-0.1, -0.05) is 34.6 Å². The Morgan fingerprint density at radius 3 is 1.98 bits per heavy atom. The summed E-state index contributed by atoms with van der Waals surface area (Å²) < 4.78 is 13.2. The normalized spacial score (nSPS) is 19.6. The average Bonchev–Trinajstić information content (AvgIpc) is 2.92. The second kappa shape index (κ2) is 12.3. The van der Waals surface area contributed by atoms with Crippen LogP contribution in [0.1, 0.15) is 90.7 Å². The van der Waals surface area contributed by atoms with Crippen molar-refractivity contribution in [1.82, 2.24) is 4.90 Å². The third kappa shape index (κ3) is 6.30. The van der Waals surface area contributed by atoms with Gasteiger partial charge in [0.2, 0.25) is 0 Å². The van der Waals surface area contributed by atoms with Crippen molar-refractivity contribution < 1.29 is 24.0 Å². The van der Waals surface area contributed by atoms with Crippen molar-refractivity contribution in [3.8, 4) is 11.5 Å². The zero-order chi connectivity index (χ0) is 32.0. The number of hydrogen-bond donors (Lipinski definition) is 0. The number of nitro groups is 1. The van der Waals surface area contributed by atoms with Crippen LogP contribution >= 0.6 is 22.6 Å². The van der Waals surface area contributed by atoms with Crippen molar-refractivity contribution in [2.45, 2.75) is 86.2 Å². The molecule has 0 unspecified atom stereocenters. The summed E-state index contributed by atoms with van der Waals surface area (Å²) in [4.78, 5) is 41.1. The lowest BCUT2D eigenvalue weighted by Gasteiger charge is -2.49. The van der Waals surface area contributed by atoms with Gasteiger partial charge in [0, 0.05) is 60.0 Å². The van der Waals surface area contributed by atoms with Crippen LogP contribution < -0.4 is 9.47 Å². The van der Waals surface area contributed by atoms with Gasteiger partial charge in [-0.25, -0.2) is 0 Å². The van der Waals surface area contributed by atoms with E-state index in [1.54, 1.807) is 12.1 Å². The molecule has 234 valence electrons. The van der Waals surface area contributed by atoms with Crippen molar-refractivity contribution in [3.05, 3.63) is 83.7 Å². The minimum absolute atomic E-state index is 0.0244. The molecule has 0 atom stereocenters. The molecule has 5 rings (SSSR count). The molecule has 0 bridgehead atoms. The Bertz CT molecular complexity index is 1520. The van der Waals surface area contributed by atoms with Crippen molar-refractivity contribution in [1.29, 1.82) is 0 Å². The lowest BCUT2D eigenvalue weighted by atomic mass is 9.63. The number of carbonyl (C=O) groups excluding carboxylic acids is 2. The summed E-state index contributed by atoms with van der Waals surface area (Å²) in [5, 5.41) is 11.1. The summed E-state index contributed by atoms with van der Waals surface area (Å²) in [6.07, 6.45) is 3.35. The van der Waals surface area contributed by atoms with Gasteiger partial charge < -0.3 is 14.4 Å². The molecule has 8 nitrogen and oxygen atoms in total. The molecule has 0 fully saturated rings. The number of allylic oxidation sites excluding steroid dienone is 4. The van der Waals surface area contributed by atoms with E-state index >= 15 is 0 Å². The Hall–Kier alpha value is -3.21. The zero-order valence-electron chi connectivity index (χ0n) is 26.4. The second-order valence-electron chi connectivity index (χ2n) is 13.7. The zero-order valence-corrected chi connectivity index (χ0v) is 28.6. The molecule has 2 aromatic rings. The number of carbonyl (C=O) groups is 2. The summed E-state index contributed by atoms with van der Waals surface area (Å²) in [6, 6.07) is 10.2. The highest BCUT2D eigenvalue weighted by molar-refractivity contribution is 14.1. The Morgan fingerprint density at radius 2 is 1.48 bits per heavy atom. The van der Waals surface area contributed by atoms with E-state index in [9.17, 15) is 19.7 Å². The number of Topliss-reactive ketones (excluding diaryl/α,β-unsaturated/α-hetero) is 2. The minimum Gasteiger partial charge on any atom is -0.490 e. The van der Waals surface area contributed by atoms with Gasteiger partial charge in [-0.3, -0.25) is 19.7 Å². The Morgan fingerprint density at radius 1 is 0.909 bits per heavy atom. The molecule has 44 heavy (non-hydrogen) atoms. The van der Waals surface area contributed by atoms with Gasteiger partial charge in [-0.15, -0.1) is 0 Å². The Labute approximate surface area is 273 Å². The van der Waals surface area contributed by atoms with E-state index < -0.39 is 10.8 Å². The molecule has 0 amide bonds. The van der Waals surface area contributed by atoms with Gasteiger partial charge >= 0.3 is 0 Å². The number of nitro benzene ring substituents is 1. The number of nitrogens with zero attached hydrogens (tertiary/aromatic N) is 2. The van der Waals surface area contributed by atoms with Gasteiger partial charge in [-0.05, 0) is 95.0 Å². The highest BCUT2D eigenvalue weighted by Crippen LogP contribution is 2.55. The first-order chi connectivity index (χ1) is 20.7. The molecule has 0 saturated carbocycles. The van der Waals surface area contributed by atoms with Gasteiger partial charge in [0.1, 0.15) is 6.61 Å². The highest BCUT2D eigenvalue weighted by atomic mass is 127. The van der Waals surface area contributed by atoms with Crippen LogP contribution in [0.3, 0.4) is 0 Å². The largest absolute Gasteiger partial charge is 0.490 e. The van der Waals surface area contributed by atoms with Crippen molar-refractivity contribution >= 4 is 39.8 Å². The van der Waals surface area contributed by atoms with Crippen molar-refractivity contribution in [2.24, 2.45) is 10.8 Å². The van der Waals surface area contributed by atoms with E-state index in [1.165, 1.54) is 12.1 Å². The molecule has 2 aliphatic carbocycles. The molecule has 9 heteroatoms. The van der Waals surface area contributed by atoms with Crippen molar-refractivity contribution in [2.75, 3.05) is 13.2 Å². The molecular formula is C35H41IN2O6. The number of rotatable bonds is 9. The summed E-state index contributed by atoms with van der Waals surface area (Å²) in [5.41, 5.74) is 4.97. The standard InChI is InChI=1S/C35H41IN2O6/c1-7-13-37-25-16-34(3,4)18-27(39)31(25)30(32-26(37)17-35(5,6)19-28(32)40)22-14-24(36)33(29(15-22)43-8-2)44-20-21-9-11-23(12-10-21)38(41)42/h9-12,14-15,30H,7-8,13,16-20H2,1-6H3. The maximum Gasteiger partial charge on any atom is 0.269 e. The smallest absolute Gasteiger partial charge is 0.269 e. The van der Waals surface area contributed by atoms with Crippen LogP contribution in [-0.4, -0.2) is 34.5 Å². The number of non-ortho nitro benzene ring substituents is 1. The fourth-order valence-electron chi connectivity index (χ4n) is 6.90. The summed E-state index contributed by atoms with van der Waals surface area (Å²) in [7, 11) is 0. The Balaban J connectivity index is 1.62. The van der Waals surface area contributed by atoms with Crippen LogP contribution in [0.25, 0.3) is 0 Å². The third-order valence-electron chi connectivity index (χ3n) is 8.66. The van der Waals surface area contributed by atoms with Crippen LogP contribution in [0.2, 0.25) is 0 Å². The predicted octanol–water partition coefficient (Wildman–Crippen LogP) is 8.27. The Kier molecular flexibility index (Phi) is 8.99. The maximum absolute atomic E-state index is 14.1. The first-order valence-electron chi connectivity index (χ1n) is 15.4. The SMILES string of the molecule is CCCN1C2=C(C(=O)CC(C)(C)C2)C(c2cc(I)c(OCc3ccc([N+](=O)[O-])cc3)c(OCC)c2)C2=C1CC(C)(C)CC2=O. The average molecular weight is 713 g/mol. The monoisotopic (exact) mass is 712 g/mol. The minimum atomic E-state index is -0.461. The number of halogens is 1. The fourth-order valence-corrected chi connectivity index (χ4v) is 7.68. The van der Waals surface area contributed by atoms with E-state index in [2.05, 4.69) is 62.1 Å². The predicted molar refractivity (Wildman–Crippen MR) is 178 cm³/mol. The quantitative estimate of drug-likeness (QED) is 0.147. The van der Waals surface area contributed by atoms with Crippen LogP contribution in [0.15, 0.2) is 58.9 Å². The summed E-state index contributed by atoms with van der Waals surface area (Å²) in [6.45, 7) is 14.0. The number of ether oxygens (including phenoxy) is 2. The lowest BCUT2D eigenvalue weighted by Crippen LogP contribution is -2.44. The molecule has 1 heterocycles. The topological polar surface area (TPSA) is 99.0 Å².